The molecule has 0 aliphatic heterocycles. The summed E-state index contributed by atoms with van der Waals surface area (Å²) in [5.74, 6) is 0.936. The van der Waals surface area contributed by atoms with Crippen molar-refractivity contribution in [3.05, 3.63) is 29.8 Å². The fourth-order valence-corrected chi connectivity index (χ4v) is 1.61. The van der Waals surface area contributed by atoms with Crippen LogP contribution in [0.2, 0.25) is 0 Å². The second kappa shape index (κ2) is 6.06. The van der Waals surface area contributed by atoms with E-state index in [0.29, 0.717) is 5.41 Å². The molecular weight excluding hydrogens is 210 g/mol. The lowest BCUT2D eigenvalue weighted by molar-refractivity contribution is 0.240. The molecule has 0 bridgehead atoms. The molecule has 0 unspecified atom stereocenters. The van der Waals surface area contributed by atoms with E-state index in [-0.39, 0.29) is 6.04 Å². The third kappa shape index (κ3) is 4.78. The van der Waals surface area contributed by atoms with Gasteiger partial charge in [-0.3, -0.25) is 0 Å². The van der Waals surface area contributed by atoms with E-state index in [1.54, 1.807) is 0 Å². The normalized spacial score (nSPS) is 13.5. The van der Waals surface area contributed by atoms with E-state index < -0.39 is 0 Å². The van der Waals surface area contributed by atoms with Crippen LogP contribution in [0.5, 0.6) is 5.75 Å². The van der Waals surface area contributed by atoms with E-state index in [1.165, 1.54) is 0 Å². The first-order valence-electron chi connectivity index (χ1n) is 6.41. The summed E-state index contributed by atoms with van der Waals surface area (Å²) in [7, 11) is 0. The molecule has 0 saturated heterocycles. The van der Waals surface area contributed by atoms with E-state index in [9.17, 15) is 0 Å². The zero-order chi connectivity index (χ0) is 12.9. The van der Waals surface area contributed by atoms with Gasteiger partial charge in [-0.05, 0) is 24.3 Å². The van der Waals surface area contributed by atoms with Crippen LogP contribution in [0.15, 0.2) is 24.3 Å². The molecule has 0 aromatic heterocycles. The maximum Gasteiger partial charge on any atom is 0.124 e. The Morgan fingerprint density at radius 3 is 2.47 bits per heavy atom. The van der Waals surface area contributed by atoms with Gasteiger partial charge in [-0.15, -0.1) is 0 Å². The van der Waals surface area contributed by atoms with E-state index in [4.69, 9.17) is 10.5 Å². The lowest BCUT2D eigenvalue weighted by Crippen LogP contribution is -2.14. The molecular formula is C15H25NO. The van der Waals surface area contributed by atoms with E-state index >= 15 is 0 Å². The van der Waals surface area contributed by atoms with Crippen molar-refractivity contribution < 1.29 is 4.74 Å². The molecule has 0 aliphatic rings. The number of benzene rings is 1. The molecule has 2 heteroatoms. The van der Waals surface area contributed by atoms with Gasteiger partial charge in [-0.1, -0.05) is 45.9 Å². The molecule has 0 amide bonds. The lowest BCUT2D eigenvalue weighted by atomic mass is 9.93. The molecule has 2 N–H and O–H groups in total. The zero-order valence-corrected chi connectivity index (χ0v) is 11.5. The monoisotopic (exact) mass is 235 g/mol. The first-order valence-corrected chi connectivity index (χ1v) is 6.41. The van der Waals surface area contributed by atoms with Crippen LogP contribution in [0.3, 0.4) is 0 Å². The Bertz CT molecular complexity index is 341. The molecule has 1 rings (SSSR count). The third-order valence-corrected chi connectivity index (χ3v) is 2.87. The van der Waals surface area contributed by atoms with E-state index in [1.807, 2.05) is 18.2 Å². The van der Waals surface area contributed by atoms with Crippen LogP contribution in [-0.2, 0) is 0 Å². The van der Waals surface area contributed by atoms with Crippen molar-refractivity contribution in [2.24, 2.45) is 11.1 Å². The maximum absolute atomic E-state index is 6.07. The van der Waals surface area contributed by atoms with Crippen molar-refractivity contribution >= 4 is 0 Å². The highest BCUT2D eigenvalue weighted by Crippen LogP contribution is 2.26. The number of ether oxygens (including phenoxy) is 1. The van der Waals surface area contributed by atoms with Gasteiger partial charge in [0.25, 0.3) is 0 Å². The van der Waals surface area contributed by atoms with E-state index in [0.717, 1.165) is 30.8 Å². The summed E-state index contributed by atoms with van der Waals surface area (Å²) >= 11 is 0. The zero-order valence-electron chi connectivity index (χ0n) is 11.5. The molecule has 0 aliphatic carbocycles. The van der Waals surface area contributed by atoms with Crippen molar-refractivity contribution in [2.45, 2.75) is 46.6 Å². The van der Waals surface area contributed by atoms with Crippen LogP contribution < -0.4 is 10.5 Å². The van der Waals surface area contributed by atoms with Crippen LogP contribution in [0.4, 0.5) is 0 Å². The molecule has 1 aromatic rings. The van der Waals surface area contributed by atoms with Gasteiger partial charge in [0.1, 0.15) is 5.75 Å². The number of rotatable bonds is 5. The Kier molecular flexibility index (Phi) is 5.01. The Balaban J connectivity index is 2.64. The van der Waals surface area contributed by atoms with E-state index in [2.05, 4.69) is 33.8 Å². The summed E-state index contributed by atoms with van der Waals surface area (Å²) in [6.07, 6.45) is 1.97. The number of hydrogen-bond donors (Lipinski definition) is 1. The fraction of sp³-hybridized carbons (Fsp3) is 0.600. The third-order valence-electron chi connectivity index (χ3n) is 2.87. The number of nitrogens with two attached hydrogens (primary N) is 1. The molecule has 0 fully saturated rings. The quantitative estimate of drug-likeness (QED) is 0.839. The lowest BCUT2D eigenvalue weighted by Gasteiger charge is -2.20. The Labute approximate surface area is 105 Å². The van der Waals surface area contributed by atoms with Gasteiger partial charge in [-0.25, -0.2) is 0 Å². The number of para-hydroxylation sites is 1. The minimum Gasteiger partial charge on any atom is -0.493 e. The van der Waals surface area contributed by atoms with Crippen molar-refractivity contribution in [1.82, 2.24) is 0 Å². The largest absolute Gasteiger partial charge is 0.493 e. The van der Waals surface area contributed by atoms with Crippen molar-refractivity contribution in [3.63, 3.8) is 0 Å². The SMILES string of the molecule is CC[C@H](N)c1ccccc1OCCC(C)(C)C. The molecule has 0 saturated carbocycles. The molecule has 17 heavy (non-hydrogen) atoms. The minimum absolute atomic E-state index is 0.0702. The summed E-state index contributed by atoms with van der Waals surface area (Å²) < 4.78 is 5.86. The van der Waals surface area contributed by atoms with Crippen molar-refractivity contribution in [3.8, 4) is 5.75 Å². The summed E-state index contributed by atoms with van der Waals surface area (Å²) in [5.41, 5.74) is 7.49. The Hall–Kier alpha value is -1.02. The minimum atomic E-state index is 0.0702. The predicted molar refractivity (Wildman–Crippen MR) is 73.2 cm³/mol. The van der Waals surface area contributed by atoms with Gasteiger partial charge < -0.3 is 10.5 Å². The van der Waals surface area contributed by atoms with Gasteiger partial charge in [0.05, 0.1) is 6.61 Å². The van der Waals surface area contributed by atoms with Crippen LogP contribution in [0.25, 0.3) is 0 Å². The van der Waals surface area contributed by atoms with Crippen LogP contribution in [-0.4, -0.2) is 6.61 Å². The standard InChI is InChI=1S/C15H25NO/c1-5-13(16)12-8-6-7-9-14(12)17-11-10-15(2,3)4/h6-9,13H,5,10-11,16H2,1-4H3/t13-/m0/s1. The first kappa shape index (κ1) is 14.0. The summed E-state index contributed by atoms with van der Waals surface area (Å²) in [6, 6.07) is 8.15. The molecule has 96 valence electrons. The summed E-state index contributed by atoms with van der Waals surface area (Å²) in [4.78, 5) is 0. The van der Waals surface area contributed by atoms with Gasteiger partial charge in [-0.2, -0.15) is 0 Å². The van der Waals surface area contributed by atoms with Gasteiger partial charge >= 0.3 is 0 Å². The molecule has 0 spiro atoms. The molecule has 1 aromatic carbocycles. The maximum atomic E-state index is 6.07. The highest BCUT2D eigenvalue weighted by Gasteiger charge is 2.12. The van der Waals surface area contributed by atoms with Crippen molar-refractivity contribution in [2.75, 3.05) is 6.61 Å². The smallest absolute Gasteiger partial charge is 0.124 e. The van der Waals surface area contributed by atoms with Crippen LogP contribution in [0, 0.1) is 5.41 Å². The Morgan fingerprint density at radius 2 is 1.88 bits per heavy atom. The summed E-state index contributed by atoms with van der Waals surface area (Å²) in [5, 5.41) is 0. The van der Waals surface area contributed by atoms with Gasteiger partial charge in [0.2, 0.25) is 0 Å². The number of hydrogen-bond acceptors (Lipinski definition) is 2. The fourth-order valence-electron chi connectivity index (χ4n) is 1.61. The topological polar surface area (TPSA) is 35.2 Å². The predicted octanol–water partition coefficient (Wildman–Crippen LogP) is 3.91. The van der Waals surface area contributed by atoms with Crippen LogP contribution >= 0.6 is 0 Å². The van der Waals surface area contributed by atoms with Gasteiger partial charge in [0.15, 0.2) is 0 Å². The van der Waals surface area contributed by atoms with Crippen molar-refractivity contribution in [1.29, 1.82) is 0 Å². The molecule has 1 atom stereocenters. The second-order valence-electron chi connectivity index (χ2n) is 5.71. The average Bonchev–Trinajstić information content (AvgIpc) is 2.27. The molecule has 0 radical (unpaired) electrons. The Morgan fingerprint density at radius 1 is 1.24 bits per heavy atom. The highest BCUT2D eigenvalue weighted by atomic mass is 16.5. The average molecular weight is 235 g/mol. The van der Waals surface area contributed by atoms with Crippen LogP contribution in [0.1, 0.15) is 52.1 Å². The molecule has 2 nitrogen and oxygen atoms in total. The molecule has 0 heterocycles. The summed E-state index contributed by atoms with van der Waals surface area (Å²) in [6.45, 7) is 9.51. The highest BCUT2D eigenvalue weighted by molar-refractivity contribution is 5.35. The van der Waals surface area contributed by atoms with Gasteiger partial charge in [0, 0.05) is 11.6 Å². The second-order valence-corrected chi connectivity index (χ2v) is 5.71. The first-order chi connectivity index (χ1) is 7.94.